The molecule has 0 aliphatic carbocycles. The van der Waals surface area contributed by atoms with Gasteiger partial charge in [-0.3, -0.25) is 24.6 Å². The highest BCUT2D eigenvalue weighted by atomic mass is 16.2. The van der Waals surface area contributed by atoms with E-state index in [1.807, 2.05) is 19.1 Å². The Bertz CT molecular complexity index is 590. The molecule has 112 valence electrons. The minimum Gasteiger partial charge on any atom is -0.294 e. The molecule has 1 heterocycles. The first-order chi connectivity index (χ1) is 9.73. The molecule has 1 aromatic rings. The van der Waals surface area contributed by atoms with E-state index in [0.29, 0.717) is 5.56 Å². The van der Waals surface area contributed by atoms with Gasteiger partial charge in [0.15, 0.2) is 5.78 Å². The number of piperazine rings is 1. The lowest BCUT2D eigenvalue weighted by atomic mass is 9.93. The molecule has 0 spiro atoms. The number of Topliss-reactive ketones (excluding diaryl/α,β-unsaturated/α-hetero) is 1. The first-order valence-corrected chi connectivity index (χ1v) is 6.95. The van der Waals surface area contributed by atoms with Crippen LogP contribution in [0.1, 0.15) is 36.7 Å². The van der Waals surface area contributed by atoms with Gasteiger partial charge >= 0.3 is 0 Å². The molecule has 1 saturated heterocycles. The first kappa shape index (κ1) is 15.4. The van der Waals surface area contributed by atoms with E-state index in [9.17, 15) is 14.4 Å². The molecule has 0 bridgehead atoms. The van der Waals surface area contributed by atoms with Crippen LogP contribution in [0.25, 0.3) is 0 Å². The SMILES string of the molecule is Cc1ccc(C(=O)C(C)N2CC(=O)NC(=O)C2(C)C)cc1. The number of hydrogen-bond acceptors (Lipinski definition) is 4. The molecule has 1 aromatic carbocycles. The third-order valence-corrected chi connectivity index (χ3v) is 4.02. The van der Waals surface area contributed by atoms with Crippen molar-refractivity contribution in [1.29, 1.82) is 0 Å². The molecule has 0 radical (unpaired) electrons. The molecule has 1 aliphatic heterocycles. The molecule has 1 N–H and O–H groups in total. The highest BCUT2D eigenvalue weighted by Gasteiger charge is 2.44. The molecule has 21 heavy (non-hydrogen) atoms. The van der Waals surface area contributed by atoms with Gasteiger partial charge in [-0.15, -0.1) is 0 Å². The molecule has 2 amide bonds. The smallest absolute Gasteiger partial charge is 0.246 e. The monoisotopic (exact) mass is 288 g/mol. The van der Waals surface area contributed by atoms with Gasteiger partial charge in [0.05, 0.1) is 18.1 Å². The number of rotatable bonds is 3. The van der Waals surface area contributed by atoms with Gasteiger partial charge in [-0.1, -0.05) is 29.8 Å². The summed E-state index contributed by atoms with van der Waals surface area (Å²) in [7, 11) is 0. The van der Waals surface area contributed by atoms with Gasteiger partial charge in [0.2, 0.25) is 11.8 Å². The van der Waals surface area contributed by atoms with Gasteiger partial charge in [-0.05, 0) is 27.7 Å². The van der Waals surface area contributed by atoms with Gasteiger partial charge in [-0.2, -0.15) is 0 Å². The topological polar surface area (TPSA) is 66.5 Å². The average Bonchev–Trinajstić information content (AvgIpc) is 2.42. The Morgan fingerprint density at radius 1 is 1.24 bits per heavy atom. The second-order valence-electron chi connectivity index (χ2n) is 5.97. The Labute approximate surface area is 124 Å². The van der Waals surface area contributed by atoms with E-state index in [1.54, 1.807) is 37.8 Å². The first-order valence-electron chi connectivity index (χ1n) is 6.95. The summed E-state index contributed by atoms with van der Waals surface area (Å²) < 4.78 is 0. The van der Waals surface area contributed by atoms with E-state index in [0.717, 1.165) is 5.56 Å². The second-order valence-corrected chi connectivity index (χ2v) is 5.97. The standard InChI is InChI=1S/C16H20N2O3/c1-10-5-7-12(8-6-10)14(20)11(2)18-9-13(19)17-15(21)16(18,3)4/h5-8,11H,9H2,1-4H3,(H,17,19,21). The highest BCUT2D eigenvalue weighted by molar-refractivity contribution is 6.05. The zero-order chi connectivity index (χ0) is 15.8. The fraction of sp³-hybridized carbons (Fsp3) is 0.438. The van der Waals surface area contributed by atoms with Crippen molar-refractivity contribution in [2.75, 3.05) is 6.54 Å². The number of imide groups is 1. The van der Waals surface area contributed by atoms with Gasteiger partial charge in [0.25, 0.3) is 0 Å². The predicted molar refractivity (Wildman–Crippen MR) is 78.9 cm³/mol. The maximum Gasteiger partial charge on any atom is 0.246 e. The van der Waals surface area contributed by atoms with Crippen LogP contribution in [0.3, 0.4) is 0 Å². The molecule has 0 aromatic heterocycles. The Morgan fingerprint density at radius 2 is 1.81 bits per heavy atom. The maximum absolute atomic E-state index is 12.6. The Kier molecular flexibility index (Phi) is 3.96. The van der Waals surface area contributed by atoms with Crippen LogP contribution in [-0.4, -0.2) is 40.6 Å². The number of amides is 2. The van der Waals surface area contributed by atoms with Crippen molar-refractivity contribution in [2.24, 2.45) is 0 Å². The van der Waals surface area contributed by atoms with E-state index in [1.165, 1.54) is 0 Å². The minimum absolute atomic E-state index is 0.0392. The van der Waals surface area contributed by atoms with Crippen LogP contribution >= 0.6 is 0 Å². The third-order valence-electron chi connectivity index (χ3n) is 4.02. The molecule has 5 heteroatoms. The fourth-order valence-corrected chi connectivity index (χ4v) is 2.52. The number of benzene rings is 1. The summed E-state index contributed by atoms with van der Waals surface area (Å²) >= 11 is 0. The molecule has 1 atom stereocenters. The fourth-order valence-electron chi connectivity index (χ4n) is 2.52. The third kappa shape index (κ3) is 2.88. The summed E-state index contributed by atoms with van der Waals surface area (Å²) in [6.07, 6.45) is 0. The molecule has 1 unspecified atom stereocenters. The number of nitrogens with zero attached hydrogens (tertiary/aromatic N) is 1. The van der Waals surface area contributed by atoms with Crippen LogP contribution in [0, 0.1) is 6.92 Å². The maximum atomic E-state index is 12.6. The van der Waals surface area contributed by atoms with Crippen molar-refractivity contribution in [2.45, 2.75) is 39.3 Å². The zero-order valence-corrected chi connectivity index (χ0v) is 12.8. The quantitative estimate of drug-likeness (QED) is 0.672. The van der Waals surface area contributed by atoms with Crippen molar-refractivity contribution < 1.29 is 14.4 Å². The molecule has 5 nitrogen and oxygen atoms in total. The van der Waals surface area contributed by atoms with Crippen molar-refractivity contribution >= 4 is 17.6 Å². The summed E-state index contributed by atoms with van der Waals surface area (Å²) in [6.45, 7) is 7.16. The van der Waals surface area contributed by atoms with Crippen LogP contribution in [-0.2, 0) is 9.59 Å². The summed E-state index contributed by atoms with van der Waals surface area (Å²) in [6, 6.07) is 6.75. The summed E-state index contributed by atoms with van der Waals surface area (Å²) in [4.78, 5) is 37.8. The van der Waals surface area contributed by atoms with E-state index in [-0.39, 0.29) is 24.1 Å². The van der Waals surface area contributed by atoms with Crippen LogP contribution in [0.5, 0.6) is 0 Å². The number of aryl methyl sites for hydroxylation is 1. The Hall–Kier alpha value is -2.01. The Morgan fingerprint density at radius 3 is 2.38 bits per heavy atom. The zero-order valence-electron chi connectivity index (χ0n) is 12.8. The summed E-state index contributed by atoms with van der Waals surface area (Å²) in [5, 5.41) is 2.31. The van der Waals surface area contributed by atoms with Gasteiger partial charge in [0, 0.05) is 5.56 Å². The number of carbonyl (C=O) groups excluding carboxylic acids is 3. The van der Waals surface area contributed by atoms with Crippen LogP contribution < -0.4 is 5.32 Å². The molecular formula is C16H20N2O3. The lowest BCUT2D eigenvalue weighted by Gasteiger charge is -2.43. The lowest BCUT2D eigenvalue weighted by Crippen LogP contribution is -2.67. The average molecular weight is 288 g/mol. The van der Waals surface area contributed by atoms with E-state index in [2.05, 4.69) is 5.32 Å². The van der Waals surface area contributed by atoms with Crippen molar-refractivity contribution in [3.05, 3.63) is 35.4 Å². The number of ketones is 1. The molecule has 1 fully saturated rings. The van der Waals surface area contributed by atoms with E-state index < -0.39 is 11.6 Å². The van der Waals surface area contributed by atoms with Gasteiger partial charge in [0.1, 0.15) is 0 Å². The van der Waals surface area contributed by atoms with E-state index >= 15 is 0 Å². The largest absolute Gasteiger partial charge is 0.294 e. The number of hydrogen-bond donors (Lipinski definition) is 1. The number of carbonyl (C=O) groups is 3. The van der Waals surface area contributed by atoms with Crippen molar-refractivity contribution in [3.8, 4) is 0 Å². The minimum atomic E-state index is -0.895. The summed E-state index contributed by atoms with van der Waals surface area (Å²) in [5.74, 6) is -0.837. The van der Waals surface area contributed by atoms with Gasteiger partial charge in [-0.25, -0.2) is 0 Å². The van der Waals surface area contributed by atoms with Crippen LogP contribution in [0.15, 0.2) is 24.3 Å². The summed E-state index contributed by atoms with van der Waals surface area (Å²) in [5.41, 5.74) is 0.766. The predicted octanol–water partition coefficient (Wildman–Crippen LogP) is 1.30. The Balaban J connectivity index is 2.27. The molecule has 0 saturated carbocycles. The van der Waals surface area contributed by atoms with Gasteiger partial charge < -0.3 is 0 Å². The van der Waals surface area contributed by atoms with Crippen molar-refractivity contribution in [3.63, 3.8) is 0 Å². The van der Waals surface area contributed by atoms with E-state index in [4.69, 9.17) is 0 Å². The van der Waals surface area contributed by atoms with Crippen LogP contribution in [0.4, 0.5) is 0 Å². The van der Waals surface area contributed by atoms with Crippen LogP contribution in [0.2, 0.25) is 0 Å². The molecule has 1 aliphatic rings. The molecular weight excluding hydrogens is 268 g/mol. The molecule has 2 rings (SSSR count). The normalized spacial score (nSPS) is 20.0. The number of nitrogens with one attached hydrogen (secondary N) is 1. The lowest BCUT2D eigenvalue weighted by molar-refractivity contribution is -0.146. The second kappa shape index (κ2) is 5.41. The highest BCUT2D eigenvalue weighted by Crippen LogP contribution is 2.23. The van der Waals surface area contributed by atoms with Crippen molar-refractivity contribution in [1.82, 2.24) is 10.2 Å².